The molecule has 0 heterocycles. The van der Waals surface area contributed by atoms with Gasteiger partial charge in [-0.05, 0) is 24.6 Å². The SMILES string of the molecule is CNC(=O)c1cccc(NC(=O)CCNC(C)C)c1C. The minimum absolute atomic E-state index is 0.0599. The van der Waals surface area contributed by atoms with E-state index >= 15 is 0 Å². The highest BCUT2D eigenvalue weighted by atomic mass is 16.2. The van der Waals surface area contributed by atoms with Crippen LogP contribution < -0.4 is 16.0 Å². The van der Waals surface area contributed by atoms with Crippen molar-refractivity contribution in [1.29, 1.82) is 0 Å². The molecule has 0 aromatic heterocycles. The zero-order valence-corrected chi connectivity index (χ0v) is 12.5. The van der Waals surface area contributed by atoms with Crippen LogP contribution in [0.5, 0.6) is 0 Å². The summed E-state index contributed by atoms with van der Waals surface area (Å²) in [5, 5.41) is 8.62. The van der Waals surface area contributed by atoms with Crippen LogP contribution in [0.2, 0.25) is 0 Å². The molecule has 0 aliphatic carbocycles. The number of nitrogens with one attached hydrogen (secondary N) is 3. The highest BCUT2D eigenvalue weighted by Gasteiger charge is 2.11. The van der Waals surface area contributed by atoms with Crippen LogP contribution >= 0.6 is 0 Å². The van der Waals surface area contributed by atoms with Gasteiger partial charge in [0.15, 0.2) is 0 Å². The van der Waals surface area contributed by atoms with Crippen molar-refractivity contribution in [2.75, 3.05) is 18.9 Å². The van der Waals surface area contributed by atoms with Crippen molar-refractivity contribution in [1.82, 2.24) is 10.6 Å². The predicted molar refractivity (Wildman–Crippen MR) is 81.0 cm³/mol. The second-order valence-electron chi connectivity index (χ2n) is 4.96. The lowest BCUT2D eigenvalue weighted by molar-refractivity contribution is -0.116. The van der Waals surface area contributed by atoms with Crippen molar-refractivity contribution in [3.63, 3.8) is 0 Å². The van der Waals surface area contributed by atoms with Crippen molar-refractivity contribution < 1.29 is 9.59 Å². The van der Waals surface area contributed by atoms with Crippen LogP contribution in [-0.2, 0) is 4.79 Å². The molecule has 0 aliphatic rings. The number of carbonyl (C=O) groups is 2. The fraction of sp³-hybridized carbons (Fsp3) is 0.467. The van der Waals surface area contributed by atoms with Crippen LogP contribution in [0.4, 0.5) is 5.69 Å². The third kappa shape index (κ3) is 4.66. The molecule has 0 saturated carbocycles. The Labute approximate surface area is 120 Å². The first-order chi connectivity index (χ1) is 9.45. The zero-order chi connectivity index (χ0) is 15.1. The van der Waals surface area contributed by atoms with Crippen LogP contribution in [0.1, 0.15) is 36.2 Å². The summed E-state index contributed by atoms with van der Waals surface area (Å²) in [6.07, 6.45) is 0.405. The Morgan fingerprint density at radius 2 is 1.95 bits per heavy atom. The van der Waals surface area contributed by atoms with E-state index in [4.69, 9.17) is 0 Å². The van der Waals surface area contributed by atoms with Crippen LogP contribution in [0.15, 0.2) is 18.2 Å². The molecule has 0 aliphatic heterocycles. The molecule has 1 aromatic rings. The van der Waals surface area contributed by atoms with Gasteiger partial charge in [0.05, 0.1) is 0 Å². The van der Waals surface area contributed by atoms with E-state index in [0.29, 0.717) is 30.3 Å². The monoisotopic (exact) mass is 277 g/mol. The second kappa shape index (κ2) is 7.65. The van der Waals surface area contributed by atoms with Gasteiger partial charge in [0, 0.05) is 37.3 Å². The average Bonchev–Trinajstić information content (AvgIpc) is 2.40. The first-order valence-electron chi connectivity index (χ1n) is 6.80. The Balaban J connectivity index is 2.68. The summed E-state index contributed by atoms with van der Waals surface area (Å²) < 4.78 is 0. The van der Waals surface area contributed by atoms with Gasteiger partial charge in [-0.15, -0.1) is 0 Å². The summed E-state index contributed by atoms with van der Waals surface area (Å²) in [4.78, 5) is 23.5. The Bertz CT molecular complexity index is 484. The third-order valence-electron chi connectivity index (χ3n) is 2.98. The molecule has 0 saturated heterocycles. The lowest BCUT2D eigenvalue weighted by Crippen LogP contribution is -2.27. The van der Waals surface area contributed by atoms with Crippen LogP contribution in [0.25, 0.3) is 0 Å². The van der Waals surface area contributed by atoms with Crippen LogP contribution in [0, 0.1) is 6.92 Å². The summed E-state index contributed by atoms with van der Waals surface area (Å²) in [7, 11) is 1.59. The summed E-state index contributed by atoms with van der Waals surface area (Å²) >= 11 is 0. The largest absolute Gasteiger partial charge is 0.355 e. The smallest absolute Gasteiger partial charge is 0.251 e. The van der Waals surface area contributed by atoms with Gasteiger partial charge in [-0.25, -0.2) is 0 Å². The number of hydrogen-bond acceptors (Lipinski definition) is 3. The van der Waals surface area contributed by atoms with Gasteiger partial charge in [0.1, 0.15) is 0 Å². The normalized spacial score (nSPS) is 10.4. The maximum Gasteiger partial charge on any atom is 0.251 e. The third-order valence-corrected chi connectivity index (χ3v) is 2.98. The molecule has 0 unspecified atom stereocenters. The average molecular weight is 277 g/mol. The summed E-state index contributed by atoms with van der Waals surface area (Å²) in [5.74, 6) is -0.213. The minimum Gasteiger partial charge on any atom is -0.355 e. The molecule has 0 bridgehead atoms. The maximum absolute atomic E-state index is 11.8. The van der Waals surface area contributed by atoms with Gasteiger partial charge < -0.3 is 16.0 Å². The van der Waals surface area contributed by atoms with Crippen LogP contribution in [0.3, 0.4) is 0 Å². The highest BCUT2D eigenvalue weighted by molar-refractivity contribution is 5.99. The van der Waals surface area contributed by atoms with Crippen LogP contribution in [-0.4, -0.2) is 31.4 Å². The molecular weight excluding hydrogens is 254 g/mol. The molecule has 1 aromatic carbocycles. The first-order valence-corrected chi connectivity index (χ1v) is 6.80. The number of anilines is 1. The fourth-order valence-corrected chi connectivity index (χ4v) is 1.84. The molecule has 110 valence electrons. The fourth-order valence-electron chi connectivity index (χ4n) is 1.84. The first kappa shape index (κ1) is 16.2. The Morgan fingerprint density at radius 1 is 1.25 bits per heavy atom. The van der Waals surface area contributed by atoms with Crippen molar-refractivity contribution in [2.45, 2.75) is 33.2 Å². The van der Waals surface area contributed by atoms with Crippen molar-refractivity contribution in [3.05, 3.63) is 29.3 Å². The number of rotatable bonds is 6. The van der Waals surface area contributed by atoms with E-state index in [9.17, 15) is 9.59 Å². The number of hydrogen-bond donors (Lipinski definition) is 3. The number of amides is 2. The van der Waals surface area contributed by atoms with Crippen molar-refractivity contribution >= 4 is 17.5 Å². The van der Waals surface area contributed by atoms with E-state index in [1.54, 1.807) is 25.2 Å². The molecule has 5 heteroatoms. The van der Waals surface area contributed by atoms with E-state index < -0.39 is 0 Å². The number of carbonyl (C=O) groups excluding carboxylic acids is 2. The molecule has 20 heavy (non-hydrogen) atoms. The van der Waals surface area contributed by atoms with E-state index in [-0.39, 0.29) is 11.8 Å². The van der Waals surface area contributed by atoms with E-state index in [1.807, 2.05) is 20.8 Å². The van der Waals surface area contributed by atoms with Gasteiger partial charge >= 0.3 is 0 Å². The Morgan fingerprint density at radius 3 is 2.55 bits per heavy atom. The van der Waals surface area contributed by atoms with E-state index in [0.717, 1.165) is 5.56 Å². The van der Waals surface area contributed by atoms with Gasteiger partial charge in [0.2, 0.25) is 5.91 Å². The standard InChI is InChI=1S/C15H23N3O2/c1-10(2)17-9-8-14(19)18-13-7-5-6-12(11(13)3)15(20)16-4/h5-7,10,17H,8-9H2,1-4H3,(H,16,20)(H,18,19). The highest BCUT2D eigenvalue weighted by Crippen LogP contribution is 2.19. The van der Waals surface area contributed by atoms with Gasteiger partial charge in [-0.2, -0.15) is 0 Å². The molecule has 5 nitrogen and oxygen atoms in total. The topological polar surface area (TPSA) is 70.2 Å². The Kier molecular flexibility index (Phi) is 6.18. The van der Waals surface area contributed by atoms with Gasteiger partial charge in [0.25, 0.3) is 5.91 Å². The molecule has 0 fully saturated rings. The molecule has 2 amide bonds. The molecule has 0 atom stereocenters. The Hall–Kier alpha value is -1.88. The van der Waals surface area contributed by atoms with Crippen molar-refractivity contribution in [2.24, 2.45) is 0 Å². The lowest BCUT2D eigenvalue weighted by Gasteiger charge is -2.12. The number of benzene rings is 1. The van der Waals surface area contributed by atoms with Gasteiger partial charge in [-0.1, -0.05) is 19.9 Å². The molecule has 1 rings (SSSR count). The summed E-state index contributed by atoms with van der Waals surface area (Å²) in [6.45, 7) is 6.54. The molecule has 0 spiro atoms. The van der Waals surface area contributed by atoms with E-state index in [1.165, 1.54) is 0 Å². The predicted octanol–water partition coefficient (Wildman–Crippen LogP) is 1.68. The van der Waals surface area contributed by atoms with E-state index in [2.05, 4.69) is 16.0 Å². The zero-order valence-electron chi connectivity index (χ0n) is 12.5. The maximum atomic E-state index is 11.8. The molecular formula is C15H23N3O2. The van der Waals surface area contributed by atoms with Gasteiger partial charge in [-0.3, -0.25) is 9.59 Å². The minimum atomic E-state index is -0.153. The quantitative estimate of drug-likeness (QED) is 0.741. The van der Waals surface area contributed by atoms with Crippen molar-refractivity contribution in [3.8, 4) is 0 Å². The molecule has 0 radical (unpaired) electrons. The summed E-state index contributed by atoms with van der Waals surface area (Å²) in [6, 6.07) is 5.67. The summed E-state index contributed by atoms with van der Waals surface area (Å²) in [5.41, 5.74) is 2.03. The second-order valence-corrected chi connectivity index (χ2v) is 4.96. The lowest BCUT2D eigenvalue weighted by atomic mass is 10.1. The molecule has 3 N–H and O–H groups in total.